The van der Waals surface area contributed by atoms with Gasteiger partial charge in [0.25, 0.3) is 0 Å². The van der Waals surface area contributed by atoms with E-state index in [-0.39, 0.29) is 22.5 Å². The van der Waals surface area contributed by atoms with Crippen molar-refractivity contribution in [3.8, 4) is 0 Å². The van der Waals surface area contributed by atoms with Gasteiger partial charge in [0.05, 0.1) is 39.7 Å². The van der Waals surface area contributed by atoms with E-state index in [0.29, 0.717) is 39.7 Å². The number of rotatable bonds is 10. The third kappa shape index (κ3) is 8.01. The zero-order valence-corrected chi connectivity index (χ0v) is 25.5. The van der Waals surface area contributed by atoms with Crippen molar-refractivity contribution in [2.45, 2.75) is 16.7 Å². The van der Waals surface area contributed by atoms with E-state index in [1.54, 1.807) is 13.0 Å². The van der Waals surface area contributed by atoms with Crippen LogP contribution in [-0.2, 0) is 9.59 Å². The van der Waals surface area contributed by atoms with Gasteiger partial charge in [0.2, 0.25) is 0 Å². The highest BCUT2D eigenvalue weighted by molar-refractivity contribution is 7.99. The van der Waals surface area contributed by atoms with Crippen molar-refractivity contribution in [1.82, 2.24) is 0 Å². The number of aromatic carboxylic acids is 1. The van der Waals surface area contributed by atoms with Crippen LogP contribution in [0.15, 0.2) is 138 Å². The Bertz CT molecular complexity index is 2020. The van der Waals surface area contributed by atoms with E-state index >= 15 is 0 Å². The summed E-state index contributed by atoms with van der Waals surface area (Å²) in [7, 11) is 0. The number of nitrogens with zero attached hydrogens (tertiary/aromatic N) is 5. The van der Waals surface area contributed by atoms with Crippen LogP contribution in [0.3, 0.4) is 0 Å². The Hall–Kier alpha value is -6.41. The van der Waals surface area contributed by atoms with E-state index in [9.17, 15) is 14.4 Å². The van der Waals surface area contributed by atoms with Crippen molar-refractivity contribution in [1.29, 1.82) is 0 Å². The minimum Gasteiger partial charge on any atom is -0.478 e. The summed E-state index contributed by atoms with van der Waals surface area (Å²) in [5, 5.41) is 39.3. The van der Waals surface area contributed by atoms with Gasteiger partial charge in [0.1, 0.15) is 16.9 Å². The molecule has 14 heteroatoms. The molecular formula is C33H26N8O5S. The number of ketones is 1. The molecule has 0 fully saturated rings. The van der Waals surface area contributed by atoms with Crippen molar-refractivity contribution >= 4 is 75.0 Å². The average molecular weight is 647 g/mol. The number of carboxylic acids is 2. The molecule has 0 spiro atoms. The summed E-state index contributed by atoms with van der Waals surface area (Å²) < 4.78 is 0. The van der Waals surface area contributed by atoms with Gasteiger partial charge in [-0.15, -0.1) is 10.2 Å². The normalized spacial score (nSPS) is 13.8. The molecule has 4 aromatic carbocycles. The number of carbonyl (C=O) groups is 3. The monoisotopic (exact) mass is 646 g/mol. The molecule has 13 nitrogen and oxygen atoms in total. The number of hydrazone groups is 1. The SMILES string of the molecule is Cc1cc(N=Nc2ccc(Sc3ccc(N/N=C4/C=CC(=O)C(C(=O)O)=C4)cc3)cc2)c(N)c(N=Nc2ccc(C(=O)O)cc2)c1N. The minimum absolute atomic E-state index is 0.134. The molecule has 0 aromatic heterocycles. The molecular weight excluding hydrogens is 620 g/mol. The van der Waals surface area contributed by atoms with Crippen molar-refractivity contribution < 1.29 is 24.6 Å². The highest BCUT2D eigenvalue weighted by Crippen LogP contribution is 2.41. The van der Waals surface area contributed by atoms with Gasteiger partial charge in [-0.2, -0.15) is 15.3 Å². The second kappa shape index (κ2) is 14.1. The zero-order valence-electron chi connectivity index (χ0n) is 24.7. The molecule has 4 aromatic rings. The van der Waals surface area contributed by atoms with Gasteiger partial charge >= 0.3 is 11.9 Å². The van der Waals surface area contributed by atoms with E-state index in [4.69, 9.17) is 21.7 Å². The predicted molar refractivity (Wildman–Crippen MR) is 180 cm³/mol. The Kier molecular flexibility index (Phi) is 9.62. The number of nitrogen functional groups attached to an aromatic ring is 2. The quantitative estimate of drug-likeness (QED) is 0.0373. The molecule has 0 radical (unpaired) electrons. The number of allylic oxidation sites excluding steroid dienone is 3. The number of anilines is 3. The maximum atomic E-state index is 11.6. The summed E-state index contributed by atoms with van der Waals surface area (Å²) in [6.45, 7) is 1.79. The number of azo groups is 2. The molecule has 7 N–H and O–H groups in total. The molecule has 0 aliphatic heterocycles. The van der Waals surface area contributed by atoms with Gasteiger partial charge < -0.3 is 21.7 Å². The second-order valence-electron chi connectivity index (χ2n) is 9.97. The van der Waals surface area contributed by atoms with Gasteiger partial charge in [-0.25, -0.2) is 9.59 Å². The Balaban J connectivity index is 1.22. The van der Waals surface area contributed by atoms with E-state index in [2.05, 4.69) is 31.0 Å². The van der Waals surface area contributed by atoms with Crippen LogP contribution in [0, 0.1) is 6.92 Å². The van der Waals surface area contributed by atoms with Gasteiger partial charge in [-0.1, -0.05) is 11.8 Å². The average Bonchev–Trinajstić information content (AvgIpc) is 3.06. The molecule has 0 saturated carbocycles. The number of aryl methyl sites for hydroxylation is 1. The Morgan fingerprint density at radius 3 is 1.96 bits per heavy atom. The van der Waals surface area contributed by atoms with Gasteiger partial charge in [0, 0.05) is 9.79 Å². The topological polar surface area (TPSA) is 218 Å². The number of carbonyl (C=O) groups excluding carboxylic acids is 1. The summed E-state index contributed by atoms with van der Waals surface area (Å²) in [4.78, 5) is 35.8. The van der Waals surface area contributed by atoms with Crippen molar-refractivity contribution in [3.63, 3.8) is 0 Å². The lowest BCUT2D eigenvalue weighted by Crippen LogP contribution is -2.15. The fraction of sp³-hybridized carbons (Fsp3) is 0.0303. The molecule has 0 atom stereocenters. The lowest BCUT2D eigenvalue weighted by molar-refractivity contribution is -0.134. The molecule has 0 saturated heterocycles. The van der Waals surface area contributed by atoms with Crippen LogP contribution in [0.25, 0.3) is 0 Å². The third-order valence-corrected chi connectivity index (χ3v) is 7.67. The molecule has 1 aliphatic rings. The number of carboxylic acid groups (broad SMARTS) is 2. The summed E-state index contributed by atoms with van der Waals surface area (Å²) >= 11 is 1.54. The van der Waals surface area contributed by atoms with Crippen LogP contribution >= 0.6 is 11.8 Å². The first kappa shape index (κ1) is 32.0. The van der Waals surface area contributed by atoms with Gasteiger partial charge in [-0.3, -0.25) is 10.2 Å². The fourth-order valence-corrected chi connectivity index (χ4v) is 4.91. The lowest BCUT2D eigenvalue weighted by atomic mass is 10.0. The first-order valence-electron chi connectivity index (χ1n) is 13.8. The Morgan fingerprint density at radius 1 is 0.745 bits per heavy atom. The maximum absolute atomic E-state index is 11.6. The highest BCUT2D eigenvalue weighted by Gasteiger charge is 2.18. The van der Waals surface area contributed by atoms with Crippen LogP contribution in [0.5, 0.6) is 0 Å². The van der Waals surface area contributed by atoms with Crippen molar-refractivity contribution in [3.05, 3.63) is 114 Å². The molecule has 47 heavy (non-hydrogen) atoms. The van der Waals surface area contributed by atoms with Crippen molar-refractivity contribution in [2.75, 3.05) is 16.9 Å². The van der Waals surface area contributed by atoms with Crippen LogP contribution in [0.1, 0.15) is 15.9 Å². The maximum Gasteiger partial charge on any atom is 0.339 e. The number of benzene rings is 4. The molecule has 0 heterocycles. The smallest absolute Gasteiger partial charge is 0.339 e. The van der Waals surface area contributed by atoms with E-state index in [1.807, 2.05) is 48.5 Å². The molecule has 0 unspecified atom stereocenters. The van der Waals surface area contributed by atoms with E-state index < -0.39 is 17.7 Å². The summed E-state index contributed by atoms with van der Waals surface area (Å²) in [6.07, 6.45) is 3.83. The summed E-state index contributed by atoms with van der Waals surface area (Å²) in [6, 6.07) is 22.6. The first-order valence-corrected chi connectivity index (χ1v) is 14.6. The van der Waals surface area contributed by atoms with Gasteiger partial charge in [-0.05, 0) is 110 Å². The predicted octanol–water partition coefficient (Wildman–Crippen LogP) is 7.76. The summed E-state index contributed by atoms with van der Waals surface area (Å²) in [5.74, 6) is -2.91. The van der Waals surface area contributed by atoms with Crippen LogP contribution < -0.4 is 16.9 Å². The number of aliphatic carboxylic acids is 1. The van der Waals surface area contributed by atoms with E-state index in [1.165, 1.54) is 54.3 Å². The molecule has 0 amide bonds. The highest BCUT2D eigenvalue weighted by atomic mass is 32.2. The third-order valence-electron chi connectivity index (χ3n) is 6.65. The van der Waals surface area contributed by atoms with E-state index in [0.717, 1.165) is 9.79 Å². The molecule has 1 aliphatic carbocycles. The van der Waals surface area contributed by atoms with Gasteiger partial charge in [0.15, 0.2) is 5.78 Å². The molecule has 234 valence electrons. The summed E-state index contributed by atoms with van der Waals surface area (Å²) in [5.41, 5.74) is 19.1. The fourth-order valence-electron chi connectivity index (χ4n) is 4.09. The van der Waals surface area contributed by atoms with Crippen molar-refractivity contribution in [2.24, 2.45) is 25.6 Å². The largest absolute Gasteiger partial charge is 0.478 e. The zero-order chi connectivity index (χ0) is 33.5. The number of nitrogens with one attached hydrogen (secondary N) is 1. The molecule has 0 bridgehead atoms. The standard InChI is InChI=1S/C33H26N8O5S/c1-18-16-27(30(35)31(29(18)34)41-38-20-4-2-19(3-5-20)32(43)44)40-37-22-8-13-25(14-9-22)47-24-11-6-21(7-12-24)36-39-23-10-15-28(42)26(17-23)33(45)46/h2-17,36H,34-35H2,1H3,(H,43,44)(H,45,46)/b39-23-,40-37?,41-38?. The lowest BCUT2D eigenvalue weighted by Gasteiger charge is -2.09. The number of hydrogen-bond acceptors (Lipinski definition) is 12. The van der Waals surface area contributed by atoms with Crippen LogP contribution in [0.2, 0.25) is 0 Å². The molecule has 5 rings (SSSR count). The Morgan fingerprint density at radius 2 is 1.34 bits per heavy atom. The van der Waals surface area contributed by atoms with Crippen LogP contribution in [0.4, 0.5) is 39.8 Å². The first-order chi connectivity index (χ1) is 22.6. The minimum atomic E-state index is -1.30. The van der Waals surface area contributed by atoms with Crippen LogP contribution in [-0.4, -0.2) is 33.6 Å². The number of nitrogens with two attached hydrogens (primary N) is 2. The Labute approximate surface area is 272 Å². The second-order valence-corrected chi connectivity index (χ2v) is 11.1. The number of hydrogen-bond donors (Lipinski definition) is 5.